The van der Waals surface area contributed by atoms with Crippen molar-refractivity contribution in [3.05, 3.63) is 54.4 Å². The minimum atomic E-state index is -0.247. The SMILES string of the molecule is CCOc1cc(OCC)cc(C(=O)Nc2cccc(-c3nn4cnnc4s3)c2)c1. The highest BCUT2D eigenvalue weighted by Gasteiger charge is 2.13. The van der Waals surface area contributed by atoms with Gasteiger partial charge in [-0.3, -0.25) is 4.79 Å². The number of anilines is 1. The van der Waals surface area contributed by atoms with E-state index in [9.17, 15) is 4.79 Å². The van der Waals surface area contributed by atoms with Crippen LogP contribution in [0.3, 0.4) is 0 Å². The summed E-state index contributed by atoms with van der Waals surface area (Å²) in [5, 5.41) is 16.0. The van der Waals surface area contributed by atoms with Gasteiger partial charge in [-0.05, 0) is 38.1 Å². The Morgan fingerprint density at radius 2 is 1.86 bits per heavy atom. The highest BCUT2D eigenvalue weighted by atomic mass is 32.1. The highest BCUT2D eigenvalue weighted by molar-refractivity contribution is 7.19. The van der Waals surface area contributed by atoms with Crippen LogP contribution in [0.1, 0.15) is 24.2 Å². The molecule has 0 spiro atoms. The molecule has 4 aromatic rings. The van der Waals surface area contributed by atoms with Crippen LogP contribution in [0.5, 0.6) is 11.5 Å². The molecular formula is C20H19N5O3S. The standard InChI is InChI=1S/C20H19N5O3S/c1-3-27-16-9-14(10-17(11-16)28-4-2)18(26)22-15-7-5-6-13(8-15)19-24-25-12-21-23-20(25)29-19/h5-12H,3-4H2,1-2H3,(H,22,26). The van der Waals surface area contributed by atoms with Gasteiger partial charge in [-0.25, -0.2) is 0 Å². The molecule has 2 heterocycles. The molecule has 0 fully saturated rings. The summed E-state index contributed by atoms with van der Waals surface area (Å²) < 4.78 is 12.7. The molecule has 148 valence electrons. The fourth-order valence-electron chi connectivity index (χ4n) is 2.81. The molecule has 9 heteroatoms. The van der Waals surface area contributed by atoms with Crippen LogP contribution in [0, 0.1) is 0 Å². The number of rotatable bonds is 7. The second-order valence-corrected chi connectivity index (χ2v) is 7.02. The van der Waals surface area contributed by atoms with Gasteiger partial charge in [0.15, 0.2) is 0 Å². The number of nitrogens with zero attached hydrogens (tertiary/aromatic N) is 4. The van der Waals surface area contributed by atoms with Crippen molar-refractivity contribution >= 4 is 27.9 Å². The lowest BCUT2D eigenvalue weighted by Gasteiger charge is -2.11. The molecule has 0 bridgehead atoms. The second kappa shape index (κ2) is 8.27. The van der Waals surface area contributed by atoms with Crippen LogP contribution in [0.4, 0.5) is 5.69 Å². The predicted molar refractivity (Wildman–Crippen MR) is 111 cm³/mol. The molecule has 29 heavy (non-hydrogen) atoms. The number of carbonyl (C=O) groups is 1. The van der Waals surface area contributed by atoms with E-state index in [1.165, 1.54) is 11.3 Å². The minimum absolute atomic E-state index is 0.247. The number of fused-ring (bicyclic) bond motifs is 1. The summed E-state index contributed by atoms with van der Waals surface area (Å²) >= 11 is 1.43. The van der Waals surface area contributed by atoms with Gasteiger partial charge in [0, 0.05) is 22.9 Å². The zero-order valence-electron chi connectivity index (χ0n) is 16.0. The topological polar surface area (TPSA) is 90.6 Å². The lowest BCUT2D eigenvalue weighted by Crippen LogP contribution is -2.12. The molecule has 4 rings (SSSR count). The molecule has 0 saturated carbocycles. The van der Waals surface area contributed by atoms with Crippen molar-refractivity contribution in [2.75, 3.05) is 18.5 Å². The molecule has 0 radical (unpaired) electrons. The fraction of sp³-hybridized carbons (Fsp3) is 0.200. The molecule has 8 nitrogen and oxygen atoms in total. The first-order valence-electron chi connectivity index (χ1n) is 9.15. The number of benzene rings is 2. The molecule has 0 unspecified atom stereocenters. The van der Waals surface area contributed by atoms with E-state index in [-0.39, 0.29) is 5.91 Å². The third-order valence-electron chi connectivity index (χ3n) is 4.02. The Labute approximate surface area is 171 Å². The smallest absolute Gasteiger partial charge is 0.255 e. The molecule has 0 aliphatic rings. The van der Waals surface area contributed by atoms with Crippen molar-refractivity contribution in [1.29, 1.82) is 0 Å². The summed E-state index contributed by atoms with van der Waals surface area (Å²) in [6, 6.07) is 12.7. The van der Waals surface area contributed by atoms with Gasteiger partial charge in [0.25, 0.3) is 5.91 Å². The van der Waals surface area contributed by atoms with Crippen molar-refractivity contribution in [2.24, 2.45) is 0 Å². The van der Waals surface area contributed by atoms with Crippen molar-refractivity contribution in [1.82, 2.24) is 19.8 Å². The number of hydrogen-bond acceptors (Lipinski definition) is 7. The minimum Gasteiger partial charge on any atom is -0.494 e. The third kappa shape index (κ3) is 4.19. The van der Waals surface area contributed by atoms with Crippen molar-refractivity contribution in [3.8, 4) is 22.1 Å². The quantitative estimate of drug-likeness (QED) is 0.498. The van der Waals surface area contributed by atoms with E-state index in [0.29, 0.717) is 40.9 Å². The van der Waals surface area contributed by atoms with Gasteiger partial charge in [-0.1, -0.05) is 23.5 Å². The van der Waals surface area contributed by atoms with Crippen LogP contribution in [0.25, 0.3) is 15.5 Å². The number of aromatic nitrogens is 4. The van der Waals surface area contributed by atoms with E-state index in [4.69, 9.17) is 9.47 Å². The van der Waals surface area contributed by atoms with E-state index in [0.717, 1.165) is 10.6 Å². The van der Waals surface area contributed by atoms with Crippen molar-refractivity contribution in [3.63, 3.8) is 0 Å². The highest BCUT2D eigenvalue weighted by Crippen LogP contribution is 2.28. The number of amides is 1. The summed E-state index contributed by atoms with van der Waals surface area (Å²) in [6.45, 7) is 4.80. The van der Waals surface area contributed by atoms with E-state index < -0.39 is 0 Å². The first-order chi connectivity index (χ1) is 14.2. The summed E-state index contributed by atoms with van der Waals surface area (Å²) in [6.07, 6.45) is 1.56. The fourth-order valence-corrected chi connectivity index (χ4v) is 3.63. The Balaban J connectivity index is 1.57. The molecule has 1 amide bonds. The Kier molecular flexibility index (Phi) is 5.39. The monoisotopic (exact) mass is 409 g/mol. The first kappa shape index (κ1) is 18.9. The average molecular weight is 409 g/mol. The maximum atomic E-state index is 12.8. The molecule has 2 aromatic heterocycles. The Hall–Kier alpha value is -3.46. The van der Waals surface area contributed by atoms with Crippen LogP contribution in [-0.2, 0) is 0 Å². The number of nitrogens with one attached hydrogen (secondary N) is 1. The largest absolute Gasteiger partial charge is 0.494 e. The van der Waals surface area contributed by atoms with Gasteiger partial charge in [0.05, 0.1) is 13.2 Å². The third-order valence-corrected chi connectivity index (χ3v) is 4.98. The Morgan fingerprint density at radius 3 is 2.55 bits per heavy atom. The maximum Gasteiger partial charge on any atom is 0.255 e. The van der Waals surface area contributed by atoms with Crippen LogP contribution >= 0.6 is 11.3 Å². The van der Waals surface area contributed by atoms with Gasteiger partial charge in [-0.15, -0.1) is 10.2 Å². The predicted octanol–water partition coefficient (Wildman–Crippen LogP) is 3.90. The van der Waals surface area contributed by atoms with E-state index in [1.807, 2.05) is 38.1 Å². The average Bonchev–Trinajstić information content (AvgIpc) is 3.31. The van der Waals surface area contributed by atoms with E-state index in [2.05, 4.69) is 20.6 Å². The van der Waals surface area contributed by atoms with E-state index >= 15 is 0 Å². The lowest BCUT2D eigenvalue weighted by molar-refractivity contribution is 0.102. The second-order valence-electron chi connectivity index (χ2n) is 6.06. The number of ether oxygens (including phenoxy) is 2. The van der Waals surface area contributed by atoms with Crippen LogP contribution in [0.2, 0.25) is 0 Å². The molecular weight excluding hydrogens is 390 g/mol. The zero-order chi connectivity index (χ0) is 20.2. The zero-order valence-corrected chi connectivity index (χ0v) is 16.8. The normalized spacial score (nSPS) is 10.8. The Morgan fingerprint density at radius 1 is 1.10 bits per heavy atom. The summed E-state index contributed by atoms with van der Waals surface area (Å²) in [4.78, 5) is 13.5. The summed E-state index contributed by atoms with van der Waals surface area (Å²) in [5.74, 6) is 0.942. The first-order valence-corrected chi connectivity index (χ1v) is 9.97. The summed E-state index contributed by atoms with van der Waals surface area (Å²) in [7, 11) is 0. The Bertz CT molecular complexity index is 1100. The van der Waals surface area contributed by atoms with Gasteiger partial charge < -0.3 is 14.8 Å². The van der Waals surface area contributed by atoms with Crippen LogP contribution in [-0.4, -0.2) is 38.9 Å². The molecule has 0 aliphatic carbocycles. The van der Waals surface area contributed by atoms with Gasteiger partial charge in [-0.2, -0.15) is 9.61 Å². The van der Waals surface area contributed by atoms with Crippen molar-refractivity contribution in [2.45, 2.75) is 13.8 Å². The number of carbonyl (C=O) groups excluding carboxylic acids is 1. The molecule has 0 saturated heterocycles. The van der Waals surface area contributed by atoms with Crippen LogP contribution < -0.4 is 14.8 Å². The maximum absolute atomic E-state index is 12.8. The number of hydrogen-bond donors (Lipinski definition) is 1. The van der Waals surface area contributed by atoms with Gasteiger partial charge in [0.1, 0.15) is 22.8 Å². The lowest BCUT2D eigenvalue weighted by atomic mass is 10.1. The van der Waals surface area contributed by atoms with Gasteiger partial charge in [0.2, 0.25) is 4.96 Å². The molecule has 0 atom stereocenters. The molecule has 2 aromatic carbocycles. The molecule has 1 N–H and O–H groups in total. The van der Waals surface area contributed by atoms with E-state index in [1.54, 1.807) is 29.0 Å². The van der Waals surface area contributed by atoms with Gasteiger partial charge >= 0.3 is 0 Å². The van der Waals surface area contributed by atoms with Crippen LogP contribution in [0.15, 0.2) is 48.8 Å². The molecule has 0 aliphatic heterocycles. The van der Waals surface area contributed by atoms with Crippen molar-refractivity contribution < 1.29 is 14.3 Å². The summed E-state index contributed by atoms with van der Waals surface area (Å²) in [5.41, 5.74) is 2.01.